The Morgan fingerprint density at radius 2 is 2.00 bits per heavy atom. The fourth-order valence-corrected chi connectivity index (χ4v) is 2.01. The summed E-state index contributed by atoms with van der Waals surface area (Å²) in [6.07, 6.45) is 1.45. The van der Waals surface area contributed by atoms with Crippen molar-refractivity contribution in [3.8, 4) is 0 Å². The number of rotatable bonds is 1. The second-order valence-electron chi connectivity index (χ2n) is 2.49. The van der Waals surface area contributed by atoms with Crippen LogP contribution >= 0.6 is 10.7 Å². The van der Waals surface area contributed by atoms with Gasteiger partial charge in [-0.3, -0.25) is 0 Å². The van der Waals surface area contributed by atoms with Crippen LogP contribution < -0.4 is 0 Å². The molecule has 0 saturated heterocycles. The van der Waals surface area contributed by atoms with Crippen LogP contribution in [0.3, 0.4) is 0 Å². The minimum atomic E-state index is -3.81. The molecule has 0 N–H and O–H groups in total. The standard InChI is InChI=1S/C7H5ClN2O2S/c8-13(11,12)10-7-4-2-1-3-6(7)5-9-10/h1-5H. The van der Waals surface area contributed by atoms with Crippen LogP contribution in [0.2, 0.25) is 0 Å². The Hall–Kier alpha value is -1.07. The number of fused-ring (bicyclic) bond motifs is 1. The van der Waals surface area contributed by atoms with Gasteiger partial charge in [0.15, 0.2) is 0 Å². The average molecular weight is 217 g/mol. The van der Waals surface area contributed by atoms with Crippen LogP contribution in [0, 0.1) is 0 Å². The van der Waals surface area contributed by atoms with Crippen molar-refractivity contribution in [3.05, 3.63) is 30.5 Å². The number of halogens is 1. The molecule has 0 aliphatic rings. The molecule has 0 aliphatic carbocycles. The third kappa shape index (κ3) is 1.40. The molecule has 0 spiro atoms. The van der Waals surface area contributed by atoms with E-state index in [4.69, 9.17) is 10.7 Å². The van der Waals surface area contributed by atoms with Gasteiger partial charge >= 0.3 is 9.24 Å². The summed E-state index contributed by atoms with van der Waals surface area (Å²) < 4.78 is 22.7. The Morgan fingerprint density at radius 1 is 1.31 bits per heavy atom. The molecule has 0 amide bonds. The van der Waals surface area contributed by atoms with E-state index in [2.05, 4.69) is 5.10 Å². The number of aromatic nitrogens is 2. The zero-order valence-electron chi connectivity index (χ0n) is 6.38. The lowest BCUT2D eigenvalue weighted by molar-refractivity contribution is 0.597. The summed E-state index contributed by atoms with van der Waals surface area (Å²) in [6.45, 7) is 0. The molecule has 0 unspecified atom stereocenters. The summed E-state index contributed by atoms with van der Waals surface area (Å²) in [6, 6.07) is 6.93. The maximum atomic E-state index is 11.0. The van der Waals surface area contributed by atoms with Crippen molar-refractivity contribution in [2.45, 2.75) is 0 Å². The molecule has 13 heavy (non-hydrogen) atoms. The van der Waals surface area contributed by atoms with E-state index >= 15 is 0 Å². The highest BCUT2D eigenvalue weighted by Crippen LogP contribution is 2.15. The topological polar surface area (TPSA) is 52.0 Å². The first-order valence-electron chi connectivity index (χ1n) is 3.47. The first-order valence-corrected chi connectivity index (χ1v) is 5.73. The van der Waals surface area contributed by atoms with Gasteiger partial charge in [-0.25, -0.2) is 0 Å². The molecule has 0 fully saturated rings. The molecule has 0 saturated carbocycles. The maximum absolute atomic E-state index is 11.0. The quantitative estimate of drug-likeness (QED) is 0.677. The highest BCUT2D eigenvalue weighted by atomic mass is 35.7. The van der Waals surface area contributed by atoms with Crippen molar-refractivity contribution < 1.29 is 8.42 Å². The van der Waals surface area contributed by atoms with Gasteiger partial charge in [-0.2, -0.15) is 13.5 Å². The van der Waals surface area contributed by atoms with Crippen LogP contribution in [-0.2, 0) is 9.24 Å². The lowest BCUT2D eigenvalue weighted by atomic mass is 10.3. The lowest BCUT2D eigenvalue weighted by Crippen LogP contribution is -2.05. The van der Waals surface area contributed by atoms with Crippen LogP contribution in [0.15, 0.2) is 30.5 Å². The zero-order chi connectivity index (χ0) is 9.47. The van der Waals surface area contributed by atoms with Crippen molar-refractivity contribution in [2.24, 2.45) is 0 Å². The smallest absolute Gasteiger partial charge is 0.187 e. The van der Waals surface area contributed by atoms with E-state index < -0.39 is 9.24 Å². The van der Waals surface area contributed by atoms with Gasteiger partial charge in [-0.05, 0) is 6.07 Å². The highest BCUT2D eigenvalue weighted by molar-refractivity contribution is 8.12. The fourth-order valence-electron chi connectivity index (χ4n) is 1.12. The molecule has 0 radical (unpaired) electrons. The number of hydrogen-bond donors (Lipinski definition) is 0. The summed E-state index contributed by atoms with van der Waals surface area (Å²) in [7, 11) is 1.34. The second-order valence-corrected chi connectivity index (χ2v) is 4.83. The SMILES string of the molecule is O=S(=O)(Cl)n1ncc2ccccc21. The first-order chi connectivity index (χ1) is 6.09. The molecule has 68 valence electrons. The van der Waals surface area contributed by atoms with Crippen LogP contribution in [0.1, 0.15) is 0 Å². The maximum Gasteiger partial charge on any atom is 0.340 e. The largest absolute Gasteiger partial charge is 0.340 e. The molecule has 1 heterocycles. The van der Waals surface area contributed by atoms with Gasteiger partial charge in [-0.15, -0.1) is 4.09 Å². The molecule has 0 atom stereocenters. The van der Waals surface area contributed by atoms with E-state index in [9.17, 15) is 8.42 Å². The summed E-state index contributed by atoms with van der Waals surface area (Å²) >= 11 is 0. The Labute approximate surface area is 79.3 Å². The van der Waals surface area contributed by atoms with E-state index in [1.54, 1.807) is 24.3 Å². The summed E-state index contributed by atoms with van der Waals surface area (Å²) in [4.78, 5) is 0. The van der Waals surface area contributed by atoms with Gasteiger partial charge in [0.05, 0.1) is 11.7 Å². The van der Waals surface area contributed by atoms with Crippen LogP contribution in [-0.4, -0.2) is 17.6 Å². The fraction of sp³-hybridized carbons (Fsp3) is 0. The predicted molar refractivity (Wildman–Crippen MR) is 49.9 cm³/mol. The summed E-state index contributed by atoms with van der Waals surface area (Å²) in [5.74, 6) is 0. The Balaban J connectivity index is 2.87. The normalized spacial score (nSPS) is 12.1. The van der Waals surface area contributed by atoms with Crippen LogP contribution in [0.4, 0.5) is 0 Å². The predicted octanol–water partition coefficient (Wildman–Crippen LogP) is 1.37. The second kappa shape index (κ2) is 2.71. The van der Waals surface area contributed by atoms with Crippen LogP contribution in [0.5, 0.6) is 0 Å². The minimum Gasteiger partial charge on any atom is -0.187 e. The van der Waals surface area contributed by atoms with Crippen molar-refractivity contribution in [2.75, 3.05) is 0 Å². The Kier molecular flexibility index (Phi) is 1.78. The summed E-state index contributed by atoms with van der Waals surface area (Å²) in [5, 5.41) is 4.41. The van der Waals surface area contributed by atoms with Crippen molar-refractivity contribution in [1.29, 1.82) is 0 Å². The number of para-hydroxylation sites is 1. The van der Waals surface area contributed by atoms with Gasteiger partial charge in [0, 0.05) is 16.1 Å². The van der Waals surface area contributed by atoms with Crippen molar-refractivity contribution in [3.63, 3.8) is 0 Å². The lowest BCUT2D eigenvalue weighted by Gasteiger charge is -1.95. The highest BCUT2D eigenvalue weighted by Gasteiger charge is 2.12. The summed E-state index contributed by atoms with van der Waals surface area (Å²) in [5.41, 5.74) is 0.484. The zero-order valence-corrected chi connectivity index (χ0v) is 7.96. The molecule has 0 bridgehead atoms. The average Bonchev–Trinajstić information content (AvgIpc) is 2.45. The Bertz CT molecular complexity index is 546. The third-order valence-electron chi connectivity index (χ3n) is 1.65. The van der Waals surface area contributed by atoms with E-state index in [1.165, 1.54) is 6.20 Å². The molecule has 6 heteroatoms. The monoisotopic (exact) mass is 216 g/mol. The number of benzene rings is 1. The van der Waals surface area contributed by atoms with Gasteiger partial charge in [0.2, 0.25) is 0 Å². The van der Waals surface area contributed by atoms with E-state index in [0.717, 1.165) is 9.47 Å². The van der Waals surface area contributed by atoms with Crippen LogP contribution in [0.25, 0.3) is 10.9 Å². The first kappa shape index (κ1) is 8.52. The molecule has 4 nitrogen and oxygen atoms in total. The number of hydrogen-bond acceptors (Lipinski definition) is 3. The third-order valence-corrected chi connectivity index (χ3v) is 2.75. The minimum absolute atomic E-state index is 0.484. The number of nitrogens with zero attached hydrogens (tertiary/aromatic N) is 2. The Morgan fingerprint density at radius 3 is 2.69 bits per heavy atom. The molecule has 2 aromatic rings. The van der Waals surface area contributed by atoms with Gasteiger partial charge in [0.1, 0.15) is 0 Å². The molecule has 0 aliphatic heterocycles. The molecular formula is C7H5ClN2O2S. The van der Waals surface area contributed by atoms with Crippen molar-refractivity contribution >= 4 is 30.8 Å². The van der Waals surface area contributed by atoms with Gasteiger partial charge in [-0.1, -0.05) is 18.2 Å². The van der Waals surface area contributed by atoms with Gasteiger partial charge in [0.25, 0.3) is 0 Å². The van der Waals surface area contributed by atoms with Gasteiger partial charge < -0.3 is 0 Å². The molecule has 2 rings (SSSR count). The van der Waals surface area contributed by atoms with E-state index in [-0.39, 0.29) is 0 Å². The molecule has 1 aromatic heterocycles. The van der Waals surface area contributed by atoms with E-state index in [0.29, 0.717) is 5.52 Å². The van der Waals surface area contributed by atoms with Crippen molar-refractivity contribution in [1.82, 2.24) is 9.19 Å². The molecular weight excluding hydrogens is 212 g/mol. The van der Waals surface area contributed by atoms with E-state index in [1.807, 2.05) is 0 Å². The molecule has 1 aromatic carbocycles.